The summed E-state index contributed by atoms with van der Waals surface area (Å²) in [5, 5.41) is 9.65. The number of hydrogen-bond donors (Lipinski definition) is 3. The number of amides is 2. The number of halogens is 2. The number of sulfonamides is 1. The van der Waals surface area contributed by atoms with Crippen LogP contribution < -0.4 is 20.5 Å². The topological polar surface area (TPSA) is 128 Å². The minimum Gasteiger partial charge on any atom is -0.434 e. The van der Waals surface area contributed by atoms with Gasteiger partial charge in [-0.25, -0.2) is 13.6 Å². The van der Waals surface area contributed by atoms with Crippen LogP contribution in [0.25, 0.3) is 0 Å². The number of benzene rings is 2. The van der Waals surface area contributed by atoms with Gasteiger partial charge in [0.05, 0.1) is 17.0 Å². The quantitative estimate of drug-likeness (QED) is 0.647. The Kier molecular flexibility index (Phi) is 6.42. The number of hydrogen-bond acceptors (Lipinski definition) is 5. The summed E-state index contributed by atoms with van der Waals surface area (Å²) in [5.74, 6) is -1.78. The van der Waals surface area contributed by atoms with Crippen molar-refractivity contribution in [2.75, 3.05) is 11.9 Å². The molecule has 0 aliphatic heterocycles. The highest BCUT2D eigenvalue weighted by atomic mass is 32.2. The molecule has 0 heterocycles. The van der Waals surface area contributed by atoms with Gasteiger partial charge in [-0.05, 0) is 30.3 Å². The molecule has 2 aromatic rings. The van der Waals surface area contributed by atoms with Gasteiger partial charge in [-0.1, -0.05) is 18.2 Å². The molecule has 2 amide bonds. The van der Waals surface area contributed by atoms with Gasteiger partial charge in [0.2, 0.25) is 15.9 Å². The van der Waals surface area contributed by atoms with E-state index in [0.717, 1.165) is 6.07 Å². The van der Waals surface area contributed by atoms with E-state index < -0.39 is 35.0 Å². The van der Waals surface area contributed by atoms with E-state index in [2.05, 4.69) is 15.4 Å². The molecule has 8 nitrogen and oxygen atoms in total. The zero-order chi connectivity index (χ0) is 20.0. The fourth-order valence-corrected chi connectivity index (χ4v) is 2.62. The summed E-state index contributed by atoms with van der Waals surface area (Å²) < 4.78 is 51.6. The number of para-hydroxylation sites is 1. The van der Waals surface area contributed by atoms with Gasteiger partial charge in [0.15, 0.2) is 0 Å². The number of rotatable bonds is 7. The highest BCUT2D eigenvalue weighted by Crippen LogP contribution is 2.20. The summed E-state index contributed by atoms with van der Waals surface area (Å²) in [5.41, 5.74) is -0.0102. The summed E-state index contributed by atoms with van der Waals surface area (Å²) in [4.78, 5) is 23.8. The maximum absolute atomic E-state index is 12.4. The monoisotopic (exact) mass is 399 g/mol. The van der Waals surface area contributed by atoms with Gasteiger partial charge in [-0.2, -0.15) is 8.78 Å². The van der Waals surface area contributed by atoms with Crippen molar-refractivity contribution in [3.8, 4) is 5.75 Å². The zero-order valence-electron chi connectivity index (χ0n) is 13.7. The molecule has 0 atom stereocenters. The van der Waals surface area contributed by atoms with Crippen LogP contribution in [0.1, 0.15) is 10.4 Å². The van der Waals surface area contributed by atoms with Gasteiger partial charge in [-0.15, -0.1) is 0 Å². The van der Waals surface area contributed by atoms with Gasteiger partial charge in [-0.3, -0.25) is 9.59 Å². The van der Waals surface area contributed by atoms with Crippen LogP contribution in [0.2, 0.25) is 0 Å². The van der Waals surface area contributed by atoms with Gasteiger partial charge in [0.1, 0.15) is 5.75 Å². The van der Waals surface area contributed by atoms with Crippen molar-refractivity contribution < 1.29 is 31.5 Å². The molecule has 0 saturated heterocycles. The number of anilines is 1. The van der Waals surface area contributed by atoms with Gasteiger partial charge in [0.25, 0.3) is 5.91 Å². The van der Waals surface area contributed by atoms with Crippen LogP contribution in [0, 0.1) is 0 Å². The summed E-state index contributed by atoms with van der Waals surface area (Å²) in [6, 6.07) is 10.5. The second kappa shape index (κ2) is 8.56. The predicted octanol–water partition coefficient (Wildman–Crippen LogP) is 1.30. The second-order valence-electron chi connectivity index (χ2n) is 5.18. The molecule has 144 valence electrons. The van der Waals surface area contributed by atoms with E-state index in [1.54, 1.807) is 0 Å². The fourth-order valence-electron chi connectivity index (χ4n) is 2.06. The Balaban J connectivity index is 1.99. The third kappa shape index (κ3) is 6.01. The fraction of sp³-hybridized carbons (Fsp3) is 0.125. The number of primary sulfonamides is 1. The average molecular weight is 399 g/mol. The van der Waals surface area contributed by atoms with Crippen LogP contribution in [-0.4, -0.2) is 33.4 Å². The molecule has 0 aliphatic carbocycles. The van der Waals surface area contributed by atoms with Crippen molar-refractivity contribution >= 4 is 27.5 Å². The Morgan fingerprint density at radius 1 is 1.11 bits per heavy atom. The van der Waals surface area contributed by atoms with E-state index in [4.69, 9.17) is 5.14 Å². The Morgan fingerprint density at radius 2 is 1.81 bits per heavy atom. The smallest absolute Gasteiger partial charge is 0.387 e. The molecule has 0 fully saturated rings. The van der Waals surface area contributed by atoms with E-state index in [0.29, 0.717) is 0 Å². The first kappa shape index (κ1) is 20.3. The Labute approximate surface area is 153 Å². The van der Waals surface area contributed by atoms with E-state index in [1.165, 1.54) is 42.5 Å². The van der Waals surface area contributed by atoms with Crippen molar-refractivity contribution in [2.45, 2.75) is 11.5 Å². The lowest BCUT2D eigenvalue weighted by Crippen LogP contribution is -2.33. The molecular weight excluding hydrogens is 384 g/mol. The van der Waals surface area contributed by atoms with E-state index >= 15 is 0 Å². The van der Waals surface area contributed by atoms with Gasteiger partial charge in [0, 0.05) is 5.69 Å². The Morgan fingerprint density at radius 3 is 2.48 bits per heavy atom. The molecule has 0 radical (unpaired) electrons. The standard InChI is InChI=1S/C16H15F2N3O5S/c17-16(18)26-13-7-2-1-6-12(13)15(23)20-9-14(22)21-10-4-3-5-11(8-10)27(19,24)25/h1-8,16H,9H2,(H,20,23)(H,21,22)(H2,19,24,25). The molecule has 11 heteroatoms. The number of alkyl halides is 2. The SMILES string of the molecule is NS(=O)(=O)c1cccc(NC(=O)CNC(=O)c2ccccc2OC(F)F)c1. The molecule has 0 spiro atoms. The Hall–Kier alpha value is -3.05. The first-order valence-corrected chi connectivity index (χ1v) is 8.96. The number of nitrogens with one attached hydrogen (secondary N) is 2. The van der Waals surface area contributed by atoms with Crippen LogP contribution in [-0.2, 0) is 14.8 Å². The van der Waals surface area contributed by atoms with Gasteiger partial charge < -0.3 is 15.4 Å². The molecule has 0 aliphatic rings. The lowest BCUT2D eigenvalue weighted by Gasteiger charge is -2.11. The molecule has 4 N–H and O–H groups in total. The highest BCUT2D eigenvalue weighted by Gasteiger charge is 2.16. The summed E-state index contributed by atoms with van der Waals surface area (Å²) in [6.07, 6.45) is 0. The lowest BCUT2D eigenvalue weighted by atomic mass is 10.2. The highest BCUT2D eigenvalue weighted by molar-refractivity contribution is 7.89. The van der Waals surface area contributed by atoms with Crippen molar-refractivity contribution in [1.29, 1.82) is 0 Å². The largest absolute Gasteiger partial charge is 0.434 e. The first-order chi connectivity index (χ1) is 12.7. The van der Waals surface area contributed by atoms with Crippen LogP contribution in [0.5, 0.6) is 5.75 Å². The molecule has 0 saturated carbocycles. The molecule has 27 heavy (non-hydrogen) atoms. The summed E-state index contributed by atoms with van der Waals surface area (Å²) >= 11 is 0. The zero-order valence-corrected chi connectivity index (χ0v) is 14.5. The van der Waals surface area contributed by atoms with Gasteiger partial charge >= 0.3 is 6.61 Å². The van der Waals surface area contributed by atoms with E-state index in [1.807, 2.05) is 0 Å². The van der Waals surface area contributed by atoms with Crippen LogP contribution >= 0.6 is 0 Å². The predicted molar refractivity (Wildman–Crippen MR) is 91.9 cm³/mol. The molecule has 2 rings (SSSR count). The third-order valence-electron chi connectivity index (χ3n) is 3.20. The second-order valence-corrected chi connectivity index (χ2v) is 6.74. The summed E-state index contributed by atoms with van der Waals surface area (Å²) in [6.45, 7) is -3.59. The number of carbonyl (C=O) groups excluding carboxylic acids is 2. The van der Waals surface area contributed by atoms with Crippen molar-refractivity contribution in [1.82, 2.24) is 5.32 Å². The molecule has 0 aromatic heterocycles. The molecular formula is C16H15F2N3O5S. The maximum atomic E-state index is 12.4. The van der Waals surface area contributed by atoms with Crippen LogP contribution in [0.4, 0.5) is 14.5 Å². The molecule has 2 aromatic carbocycles. The number of ether oxygens (including phenoxy) is 1. The third-order valence-corrected chi connectivity index (χ3v) is 4.11. The van der Waals surface area contributed by atoms with E-state index in [-0.39, 0.29) is 21.9 Å². The molecule has 0 unspecified atom stereocenters. The normalized spacial score (nSPS) is 11.1. The average Bonchev–Trinajstić information content (AvgIpc) is 2.59. The minimum atomic E-state index is -3.93. The van der Waals surface area contributed by atoms with E-state index in [9.17, 15) is 26.8 Å². The molecule has 0 bridgehead atoms. The lowest BCUT2D eigenvalue weighted by molar-refractivity contribution is -0.115. The van der Waals surface area contributed by atoms with Crippen molar-refractivity contribution in [2.24, 2.45) is 5.14 Å². The Bertz CT molecular complexity index is 951. The minimum absolute atomic E-state index is 0.155. The first-order valence-electron chi connectivity index (χ1n) is 7.41. The number of nitrogens with two attached hydrogens (primary N) is 1. The van der Waals surface area contributed by atoms with Crippen molar-refractivity contribution in [3.63, 3.8) is 0 Å². The van der Waals surface area contributed by atoms with Crippen molar-refractivity contribution in [3.05, 3.63) is 54.1 Å². The number of carbonyl (C=O) groups is 2. The van der Waals surface area contributed by atoms with Crippen LogP contribution in [0.3, 0.4) is 0 Å². The van der Waals surface area contributed by atoms with Crippen LogP contribution in [0.15, 0.2) is 53.4 Å². The summed E-state index contributed by atoms with van der Waals surface area (Å²) in [7, 11) is -3.93. The maximum Gasteiger partial charge on any atom is 0.387 e.